The first kappa shape index (κ1) is 19.5. The lowest BCUT2D eigenvalue weighted by Crippen LogP contribution is -2.33. The molecule has 0 radical (unpaired) electrons. The van der Waals surface area contributed by atoms with Crippen LogP contribution in [0.1, 0.15) is 22.3 Å². The Bertz CT molecular complexity index is 1130. The maximum Gasteiger partial charge on any atom is 0.253 e. The van der Waals surface area contributed by atoms with Crippen LogP contribution in [-0.2, 0) is 11.2 Å². The SMILES string of the molecule is NC(=O)CCc1cccc(N2CC3CN(C(=O)c4ccc5ccncc5c4)CC3C2)c1. The topological polar surface area (TPSA) is 79.5 Å². The summed E-state index contributed by atoms with van der Waals surface area (Å²) in [6.45, 7) is 3.50. The summed E-state index contributed by atoms with van der Waals surface area (Å²) in [5.74, 6) is 0.814. The summed E-state index contributed by atoms with van der Waals surface area (Å²) < 4.78 is 0. The number of hydrogen-bond acceptors (Lipinski definition) is 4. The van der Waals surface area contributed by atoms with Gasteiger partial charge in [-0.15, -0.1) is 0 Å². The highest BCUT2D eigenvalue weighted by molar-refractivity contribution is 5.98. The van der Waals surface area contributed by atoms with E-state index in [1.807, 2.05) is 41.3 Å². The fourth-order valence-electron chi connectivity index (χ4n) is 4.95. The van der Waals surface area contributed by atoms with Crippen molar-refractivity contribution in [3.05, 3.63) is 72.1 Å². The van der Waals surface area contributed by atoms with Crippen molar-refractivity contribution in [3.63, 3.8) is 0 Å². The van der Waals surface area contributed by atoms with Crippen molar-refractivity contribution in [2.75, 3.05) is 31.1 Å². The van der Waals surface area contributed by atoms with Crippen molar-refractivity contribution < 1.29 is 9.59 Å². The number of carbonyl (C=O) groups excluding carboxylic acids is 2. The lowest BCUT2D eigenvalue weighted by molar-refractivity contribution is -0.117. The summed E-state index contributed by atoms with van der Waals surface area (Å²) in [7, 11) is 0. The predicted molar refractivity (Wildman–Crippen MR) is 121 cm³/mol. The van der Waals surface area contributed by atoms with Crippen LogP contribution in [0.4, 0.5) is 5.69 Å². The quantitative estimate of drug-likeness (QED) is 0.696. The van der Waals surface area contributed by atoms with Crippen LogP contribution in [0.2, 0.25) is 0 Å². The Labute approximate surface area is 181 Å². The highest BCUT2D eigenvalue weighted by Crippen LogP contribution is 2.35. The molecule has 0 spiro atoms. The van der Waals surface area contributed by atoms with Gasteiger partial charge in [-0.1, -0.05) is 18.2 Å². The van der Waals surface area contributed by atoms with Gasteiger partial charge in [-0.25, -0.2) is 0 Å². The number of pyridine rings is 1. The van der Waals surface area contributed by atoms with Crippen LogP contribution in [0.15, 0.2) is 60.9 Å². The second-order valence-electron chi connectivity index (χ2n) is 8.71. The lowest BCUT2D eigenvalue weighted by Gasteiger charge is -2.24. The number of fused-ring (bicyclic) bond motifs is 2. The van der Waals surface area contributed by atoms with E-state index in [0.717, 1.165) is 48.1 Å². The van der Waals surface area contributed by atoms with Crippen molar-refractivity contribution in [2.24, 2.45) is 17.6 Å². The first-order chi connectivity index (χ1) is 15.1. The molecule has 0 bridgehead atoms. The zero-order chi connectivity index (χ0) is 21.4. The van der Waals surface area contributed by atoms with Crippen LogP contribution >= 0.6 is 0 Å². The van der Waals surface area contributed by atoms with E-state index in [4.69, 9.17) is 5.73 Å². The number of anilines is 1. The molecule has 6 heteroatoms. The van der Waals surface area contributed by atoms with Crippen LogP contribution in [0.5, 0.6) is 0 Å². The van der Waals surface area contributed by atoms with E-state index >= 15 is 0 Å². The van der Waals surface area contributed by atoms with Crippen molar-refractivity contribution in [1.29, 1.82) is 0 Å². The van der Waals surface area contributed by atoms with Crippen LogP contribution in [-0.4, -0.2) is 47.9 Å². The van der Waals surface area contributed by atoms with E-state index in [0.29, 0.717) is 24.7 Å². The number of aromatic nitrogens is 1. The Morgan fingerprint density at radius 1 is 0.968 bits per heavy atom. The third-order valence-corrected chi connectivity index (χ3v) is 6.60. The van der Waals surface area contributed by atoms with Gasteiger partial charge >= 0.3 is 0 Å². The minimum Gasteiger partial charge on any atom is -0.371 e. The first-order valence-corrected chi connectivity index (χ1v) is 10.8. The average molecular weight is 415 g/mol. The molecule has 2 aliphatic heterocycles. The largest absolute Gasteiger partial charge is 0.371 e. The van der Waals surface area contributed by atoms with Crippen molar-refractivity contribution in [3.8, 4) is 0 Å². The molecule has 2 unspecified atom stereocenters. The molecule has 2 amide bonds. The molecular formula is C25H26N4O2. The maximum atomic E-state index is 13.1. The molecule has 0 saturated carbocycles. The number of primary amides is 1. The molecule has 31 heavy (non-hydrogen) atoms. The third-order valence-electron chi connectivity index (χ3n) is 6.60. The molecule has 1 aromatic heterocycles. The highest BCUT2D eigenvalue weighted by Gasteiger charge is 2.41. The van der Waals surface area contributed by atoms with E-state index in [1.165, 1.54) is 5.69 Å². The van der Waals surface area contributed by atoms with Gasteiger partial charge in [0.15, 0.2) is 0 Å². The molecule has 5 rings (SSSR count). The highest BCUT2D eigenvalue weighted by atomic mass is 16.2. The van der Waals surface area contributed by atoms with E-state index in [2.05, 4.69) is 22.0 Å². The second kappa shape index (κ2) is 8.02. The van der Waals surface area contributed by atoms with E-state index < -0.39 is 0 Å². The van der Waals surface area contributed by atoms with Gasteiger partial charge in [0.25, 0.3) is 5.91 Å². The lowest BCUT2D eigenvalue weighted by atomic mass is 10.0. The fourth-order valence-corrected chi connectivity index (χ4v) is 4.95. The van der Waals surface area contributed by atoms with Crippen LogP contribution < -0.4 is 10.6 Å². The summed E-state index contributed by atoms with van der Waals surface area (Å²) in [6.07, 6.45) is 4.62. The Morgan fingerprint density at radius 2 is 1.77 bits per heavy atom. The van der Waals surface area contributed by atoms with Crippen LogP contribution in [0.25, 0.3) is 10.8 Å². The van der Waals surface area contributed by atoms with Gasteiger partial charge in [0, 0.05) is 73.5 Å². The summed E-state index contributed by atoms with van der Waals surface area (Å²) in [6, 6.07) is 16.2. The summed E-state index contributed by atoms with van der Waals surface area (Å²) in [5.41, 5.74) is 8.35. The minimum absolute atomic E-state index is 0.111. The zero-order valence-corrected chi connectivity index (χ0v) is 17.4. The number of nitrogens with two attached hydrogens (primary N) is 1. The number of aryl methyl sites for hydroxylation is 1. The van der Waals surface area contributed by atoms with Gasteiger partial charge in [0.05, 0.1) is 0 Å². The number of likely N-dealkylation sites (tertiary alicyclic amines) is 1. The molecule has 3 aromatic rings. The Balaban J connectivity index is 1.24. The molecule has 0 aliphatic carbocycles. The summed E-state index contributed by atoms with van der Waals surface area (Å²) >= 11 is 0. The van der Waals surface area contributed by atoms with Crippen molar-refractivity contribution in [1.82, 2.24) is 9.88 Å². The van der Waals surface area contributed by atoms with Crippen molar-refractivity contribution >= 4 is 28.3 Å². The Morgan fingerprint density at radius 3 is 2.55 bits per heavy atom. The molecule has 2 N–H and O–H groups in total. The van der Waals surface area contributed by atoms with E-state index in [1.54, 1.807) is 12.4 Å². The van der Waals surface area contributed by atoms with E-state index in [9.17, 15) is 9.59 Å². The average Bonchev–Trinajstić information content (AvgIpc) is 3.37. The molecular weight excluding hydrogens is 388 g/mol. The predicted octanol–water partition coefficient (Wildman–Crippen LogP) is 2.86. The number of amides is 2. The van der Waals surface area contributed by atoms with Gasteiger partial charge in [0.2, 0.25) is 5.91 Å². The third kappa shape index (κ3) is 3.98. The van der Waals surface area contributed by atoms with Gasteiger partial charge in [-0.05, 0) is 47.7 Å². The van der Waals surface area contributed by atoms with Crippen LogP contribution in [0, 0.1) is 11.8 Å². The number of benzene rings is 2. The van der Waals surface area contributed by atoms with Crippen molar-refractivity contribution in [2.45, 2.75) is 12.8 Å². The molecule has 2 aliphatic rings. The minimum atomic E-state index is -0.270. The Kier molecular flexibility index (Phi) is 5.06. The van der Waals surface area contributed by atoms with Gasteiger partial charge in [-0.3, -0.25) is 14.6 Å². The number of hydrogen-bond donors (Lipinski definition) is 1. The van der Waals surface area contributed by atoms with Gasteiger partial charge < -0.3 is 15.5 Å². The molecule has 2 aromatic carbocycles. The van der Waals surface area contributed by atoms with Gasteiger partial charge in [-0.2, -0.15) is 0 Å². The summed E-state index contributed by atoms with van der Waals surface area (Å²) in [5, 5.41) is 2.09. The standard InChI is InChI=1S/C25H26N4O2/c26-24(30)7-4-17-2-1-3-23(10-17)28-13-21-15-29(16-22(21)14-28)25(31)19-6-5-18-8-9-27-12-20(18)11-19/h1-3,5-6,8-12,21-22H,4,7,13-16H2,(H2,26,30). The number of nitrogens with zero attached hydrogens (tertiary/aromatic N) is 3. The smallest absolute Gasteiger partial charge is 0.253 e. The Hall–Kier alpha value is -3.41. The monoisotopic (exact) mass is 414 g/mol. The molecule has 2 fully saturated rings. The first-order valence-electron chi connectivity index (χ1n) is 10.8. The van der Waals surface area contributed by atoms with Crippen LogP contribution in [0.3, 0.4) is 0 Å². The molecule has 2 saturated heterocycles. The molecule has 6 nitrogen and oxygen atoms in total. The molecule has 2 atom stereocenters. The number of rotatable bonds is 5. The number of carbonyl (C=O) groups is 2. The molecule has 3 heterocycles. The summed E-state index contributed by atoms with van der Waals surface area (Å²) in [4.78, 5) is 32.8. The maximum absolute atomic E-state index is 13.1. The second-order valence-corrected chi connectivity index (χ2v) is 8.71. The fraction of sp³-hybridized carbons (Fsp3) is 0.320. The van der Waals surface area contributed by atoms with Gasteiger partial charge in [0.1, 0.15) is 0 Å². The normalized spacial score (nSPS) is 20.3. The molecule has 158 valence electrons. The van der Waals surface area contributed by atoms with E-state index in [-0.39, 0.29) is 11.8 Å². The zero-order valence-electron chi connectivity index (χ0n) is 17.4.